The first-order valence-corrected chi connectivity index (χ1v) is 22.7. The van der Waals surface area contributed by atoms with Crippen molar-refractivity contribution in [3.05, 3.63) is 36.5 Å². The number of rotatable bonds is 39. The van der Waals surface area contributed by atoms with E-state index in [0.29, 0.717) is 24.1 Å². The lowest BCUT2D eigenvalue weighted by Crippen LogP contribution is -2.37. The smallest absolute Gasteiger partial charge is 0.306 e. The Morgan fingerprint density at radius 1 is 0.596 bits per heavy atom. The van der Waals surface area contributed by atoms with Crippen LogP contribution in [-0.4, -0.2) is 70.7 Å². The second-order valence-corrected chi connectivity index (χ2v) is 16.8. The fourth-order valence-electron chi connectivity index (χ4n) is 5.57. The topological polar surface area (TPSA) is 94.1 Å². The molecule has 0 aliphatic heterocycles. The van der Waals surface area contributed by atoms with Crippen LogP contribution in [0.5, 0.6) is 0 Å². The summed E-state index contributed by atoms with van der Waals surface area (Å²) in [5.74, 6) is -0.348. The van der Waals surface area contributed by atoms with Gasteiger partial charge in [-0.15, -0.1) is 0 Å². The Morgan fingerprint density at radius 3 is 1.62 bits per heavy atom. The van der Waals surface area contributed by atoms with Gasteiger partial charge in [0.05, 0.1) is 34.4 Å². The average molecular weight is 756 g/mol. The minimum atomic E-state index is -4.53. The molecule has 0 aromatic rings. The number of hydrogen-bond donors (Lipinski definition) is 0. The molecule has 0 heterocycles. The zero-order valence-corrected chi connectivity index (χ0v) is 35.4. The summed E-state index contributed by atoms with van der Waals surface area (Å²) in [5, 5.41) is 0. The van der Waals surface area contributed by atoms with E-state index in [-0.39, 0.29) is 25.8 Å². The van der Waals surface area contributed by atoms with E-state index in [0.717, 1.165) is 64.2 Å². The van der Waals surface area contributed by atoms with Gasteiger partial charge < -0.3 is 27.9 Å². The molecule has 2 unspecified atom stereocenters. The van der Waals surface area contributed by atoms with E-state index in [9.17, 15) is 14.3 Å². The van der Waals surface area contributed by atoms with Gasteiger partial charge in [-0.05, 0) is 70.6 Å². The summed E-state index contributed by atoms with van der Waals surface area (Å²) in [6, 6.07) is 0. The number of esters is 1. The highest BCUT2D eigenvalue weighted by Gasteiger charge is 2.20. The number of carbonyl (C=O) groups excluding carboxylic acids is 1. The molecule has 0 bridgehead atoms. The van der Waals surface area contributed by atoms with Crippen molar-refractivity contribution in [1.29, 1.82) is 0 Å². The number of ether oxygens (including phenoxy) is 2. The minimum absolute atomic E-state index is 0.0220. The van der Waals surface area contributed by atoms with Gasteiger partial charge in [-0.3, -0.25) is 9.36 Å². The number of carbonyl (C=O) groups is 1. The summed E-state index contributed by atoms with van der Waals surface area (Å²) in [6.45, 7) is 5.34. The maximum Gasteiger partial charge on any atom is 0.306 e. The van der Waals surface area contributed by atoms with Crippen LogP contribution in [0.4, 0.5) is 0 Å². The maximum absolute atomic E-state index is 12.6. The zero-order chi connectivity index (χ0) is 38.4. The van der Waals surface area contributed by atoms with Crippen LogP contribution in [0.15, 0.2) is 36.5 Å². The van der Waals surface area contributed by atoms with Crippen molar-refractivity contribution in [1.82, 2.24) is 0 Å². The molecule has 9 heteroatoms. The van der Waals surface area contributed by atoms with E-state index in [1.54, 1.807) is 0 Å². The Kier molecular flexibility index (Phi) is 35.8. The van der Waals surface area contributed by atoms with Gasteiger partial charge >= 0.3 is 5.97 Å². The fraction of sp³-hybridized carbons (Fsp3) is 0.837. The summed E-state index contributed by atoms with van der Waals surface area (Å²) in [4.78, 5) is 25.0. The van der Waals surface area contributed by atoms with Gasteiger partial charge in [0.1, 0.15) is 19.3 Å². The number of allylic oxidation sites excluding steroid dienone is 6. The largest absolute Gasteiger partial charge is 0.756 e. The fourth-order valence-corrected chi connectivity index (χ4v) is 6.30. The number of phosphoric ester groups is 1. The van der Waals surface area contributed by atoms with Gasteiger partial charge in [0.25, 0.3) is 7.82 Å². The highest BCUT2D eigenvalue weighted by atomic mass is 31.2. The number of nitrogens with zero attached hydrogens (tertiary/aromatic N) is 1. The predicted molar refractivity (Wildman–Crippen MR) is 217 cm³/mol. The lowest BCUT2D eigenvalue weighted by Gasteiger charge is -2.28. The third-order valence-electron chi connectivity index (χ3n) is 8.91. The molecule has 0 amide bonds. The zero-order valence-electron chi connectivity index (χ0n) is 34.5. The average Bonchev–Trinajstić information content (AvgIpc) is 3.09. The Morgan fingerprint density at radius 2 is 1.06 bits per heavy atom. The van der Waals surface area contributed by atoms with Crippen molar-refractivity contribution in [2.45, 2.75) is 180 Å². The van der Waals surface area contributed by atoms with Crippen molar-refractivity contribution in [3.8, 4) is 0 Å². The highest BCUT2D eigenvalue weighted by Crippen LogP contribution is 2.38. The SMILES string of the molecule is CCCCC/C=C\C/C=C\CCCCCCCCOCC(COP(=O)([O-])OCC[N+](C)(C)C)OC(=O)CCCCCCC/C=C\CCCCCCC. The van der Waals surface area contributed by atoms with Crippen LogP contribution in [-0.2, 0) is 27.9 Å². The molecule has 0 aromatic heterocycles. The molecular weight excluding hydrogens is 673 g/mol. The molecule has 0 spiro atoms. The van der Waals surface area contributed by atoms with Crippen LogP contribution in [0.25, 0.3) is 0 Å². The lowest BCUT2D eigenvalue weighted by atomic mass is 10.1. The van der Waals surface area contributed by atoms with Crippen molar-refractivity contribution in [3.63, 3.8) is 0 Å². The Bertz CT molecular complexity index is 931. The monoisotopic (exact) mass is 756 g/mol. The molecule has 0 aliphatic rings. The van der Waals surface area contributed by atoms with Gasteiger partial charge in [0.15, 0.2) is 0 Å². The summed E-state index contributed by atoms with van der Waals surface area (Å²) >= 11 is 0. The van der Waals surface area contributed by atoms with E-state index in [1.165, 1.54) is 89.9 Å². The molecule has 8 nitrogen and oxygen atoms in total. The van der Waals surface area contributed by atoms with Crippen LogP contribution >= 0.6 is 7.82 Å². The molecule has 0 saturated carbocycles. The van der Waals surface area contributed by atoms with Crippen LogP contribution in [0.1, 0.15) is 174 Å². The lowest BCUT2D eigenvalue weighted by molar-refractivity contribution is -0.870. The third kappa shape index (κ3) is 39.9. The summed E-state index contributed by atoms with van der Waals surface area (Å²) in [7, 11) is 1.34. The van der Waals surface area contributed by atoms with Crippen molar-refractivity contribution >= 4 is 13.8 Å². The molecule has 52 heavy (non-hydrogen) atoms. The van der Waals surface area contributed by atoms with Gasteiger partial charge in [0.2, 0.25) is 0 Å². The molecule has 0 aliphatic carbocycles. The Balaban J connectivity index is 4.29. The van der Waals surface area contributed by atoms with E-state index in [1.807, 2.05) is 21.1 Å². The van der Waals surface area contributed by atoms with Crippen LogP contribution in [0.3, 0.4) is 0 Å². The normalized spacial score (nSPS) is 14.2. The molecule has 306 valence electrons. The van der Waals surface area contributed by atoms with E-state index >= 15 is 0 Å². The Hall–Kier alpha value is -1.28. The van der Waals surface area contributed by atoms with Gasteiger partial charge in [-0.25, -0.2) is 0 Å². The van der Waals surface area contributed by atoms with Gasteiger partial charge in [0, 0.05) is 13.0 Å². The minimum Gasteiger partial charge on any atom is -0.756 e. The standard InChI is InChI=1S/C43H82NO7P/c1-6-8-10-12-14-16-18-20-22-23-25-27-29-31-33-35-38-48-40-42(41-50-52(46,47)49-39-37-44(3,4)5)51-43(45)36-34-32-30-28-26-24-21-19-17-15-13-11-9-7-2/h14,16,19-22,42H,6-13,15,17-18,23-41H2,1-5H3/b16-14-,21-19-,22-20-. The van der Waals surface area contributed by atoms with E-state index < -0.39 is 13.9 Å². The number of quaternary nitrogens is 1. The summed E-state index contributed by atoms with van der Waals surface area (Å²) in [5.41, 5.74) is 0. The first-order valence-electron chi connectivity index (χ1n) is 21.2. The number of unbranched alkanes of at least 4 members (excludes halogenated alkanes) is 19. The first kappa shape index (κ1) is 50.7. The molecule has 0 saturated heterocycles. The predicted octanol–water partition coefficient (Wildman–Crippen LogP) is 11.6. The number of likely N-dealkylation sites (N-methyl/N-ethyl adjacent to an activating group) is 1. The van der Waals surface area contributed by atoms with Crippen LogP contribution < -0.4 is 4.89 Å². The van der Waals surface area contributed by atoms with E-state index in [4.69, 9.17) is 18.5 Å². The quantitative estimate of drug-likeness (QED) is 0.0203. The van der Waals surface area contributed by atoms with Crippen molar-refractivity contribution in [2.75, 3.05) is 54.1 Å². The molecule has 0 N–H and O–H groups in total. The van der Waals surface area contributed by atoms with Crippen LogP contribution in [0.2, 0.25) is 0 Å². The van der Waals surface area contributed by atoms with E-state index in [2.05, 4.69) is 50.3 Å². The number of phosphoric acid groups is 1. The first-order chi connectivity index (χ1) is 25.1. The molecular formula is C43H82NO7P. The second kappa shape index (κ2) is 36.7. The summed E-state index contributed by atoms with van der Waals surface area (Å²) in [6.07, 6.45) is 41.5. The third-order valence-corrected chi connectivity index (χ3v) is 9.88. The summed E-state index contributed by atoms with van der Waals surface area (Å²) < 4.78 is 34.5. The highest BCUT2D eigenvalue weighted by molar-refractivity contribution is 7.45. The maximum atomic E-state index is 12.6. The molecule has 2 atom stereocenters. The van der Waals surface area contributed by atoms with Gasteiger partial charge in [-0.2, -0.15) is 0 Å². The Labute approximate surface area is 321 Å². The van der Waals surface area contributed by atoms with Crippen LogP contribution in [0, 0.1) is 0 Å². The molecule has 0 fully saturated rings. The van der Waals surface area contributed by atoms with Crippen molar-refractivity contribution in [2.24, 2.45) is 0 Å². The second-order valence-electron chi connectivity index (χ2n) is 15.3. The van der Waals surface area contributed by atoms with Crippen molar-refractivity contribution < 1.29 is 37.3 Å². The molecule has 0 aromatic carbocycles. The molecule has 0 rings (SSSR count). The molecule has 0 radical (unpaired) electrons. The number of hydrogen-bond acceptors (Lipinski definition) is 7. The van der Waals surface area contributed by atoms with Gasteiger partial charge in [-0.1, -0.05) is 134 Å².